The number of benzene rings is 1. The van der Waals surface area contributed by atoms with Gasteiger partial charge in [0.25, 0.3) is 0 Å². The fraction of sp³-hybridized carbons (Fsp3) is 0.667. The number of allylic oxidation sites excluding steroid dienone is 2. The number of amides is 1. The molecule has 1 amide bonds. The predicted octanol–water partition coefficient (Wildman–Crippen LogP) is 6.75. The van der Waals surface area contributed by atoms with Crippen molar-refractivity contribution in [2.75, 3.05) is 17.5 Å². The van der Waals surface area contributed by atoms with Gasteiger partial charge in [-0.1, -0.05) is 89.0 Å². The van der Waals surface area contributed by atoms with Crippen molar-refractivity contribution in [2.45, 2.75) is 103 Å². The summed E-state index contributed by atoms with van der Waals surface area (Å²) in [6.07, 6.45) is 24.0. The van der Waals surface area contributed by atoms with Gasteiger partial charge in [0.15, 0.2) is 0 Å². The van der Waals surface area contributed by atoms with Crippen LogP contribution in [0.25, 0.3) is 0 Å². The Morgan fingerprint density at radius 2 is 1.30 bits per heavy atom. The van der Waals surface area contributed by atoms with Gasteiger partial charge in [-0.15, -0.1) is 0 Å². The first kappa shape index (κ1) is 29.2. The number of carbonyl (C=O) groups is 1. The van der Waals surface area contributed by atoms with E-state index in [1.165, 1.54) is 77.0 Å². The molecule has 1 aromatic rings. The second-order valence-electron chi connectivity index (χ2n) is 9.04. The van der Waals surface area contributed by atoms with Crippen LogP contribution in [0, 0.1) is 0 Å². The summed E-state index contributed by atoms with van der Waals surface area (Å²) in [5.41, 5.74) is 1.37. The summed E-state index contributed by atoms with van der Waals surface area (Å²) in [5.74, 6) is 0.00608. The van der Waals surface area contributed by atoms with E-state index < -0.39 is 10.0 Å². The lowest BCUT2D eigenvalue weighted by molar-refractivity contribution is -0.120. The van der Waals surface area contributed by atoms with Crippen molar-refractivity contribution in [1.29, 1.82) is 0 Å². The summed E-state index contributed by atoms with van der Waals surface area (Å²) in [4.78, 5) is 12.1. The molecule has 0 spiro atoms. The molecular weight excluding hydrogens is 432 g/mol. The maximum absolute atomic E-state index is 12.1. The lowest BCUT2D eigenvalue weighted by Gasteiger charge is -2.07. The zero-order valence-corrected chi connectivity index (χ0v) is 21.7. The molecule has 0 aromatic heterocycles. The Morgan fingerprint density at radius 3 is 1.85 bits per heavy atom. The third kappa shape index (κ3) is 18.3. The standard InChI is InChI=1S/C27H46N2O3S/c1-3-4-5-6-7-8-9-10-11-12-13-14-15-16-17-18-23-28-27(30)24-25-19-21-26(22-20-25)29-33(2,31)32/h10-11,19-22,29H,3-9,12-18,23-24H2,1-2H3,(H,28,30)/b11-10-. The molecule has 1 aromatic carbocycles. The Labute approximate surface area is 202 Å². The quantitative estimate of drug-likeness (QED) is 0.161. The summed E-state index contributed by atoms with van der Waals surface area (Å²) in [5, 5.41) is 2.97. The van der Waals surface area contributed by atoms with Gasteiger partial charge in [0.2, 0.25) is 15.9 Å². The molecule has 0 aliphatic heterocycles. The van der Waals surface area contributed by atoms with Crippen LogP contribution in [0.5, 0.6) is 0 Å². The van der Waals surface area contributed by atoms with Crippen LogP contribution >= 0.6 is 0 Å². The SMILES string of the molecule is CCCCCCCC/C=C\CCCCCCCCNC(=O)Cc1ccc(NS(C)(=O)=O)cc1. The minimum atomic E-state index is -3.28. The highest BCUT2D eigenvalue weighted by Gasteiger charge is 2.05. The van der Waals surface area contributed by atoms with Crippen LogP contribution in [0.15, 0.2) is 36.4 Å². The average Bonchev–Trinajstić information content (AvgIpc) is 2.76. The van der Waals surface area contributed by atoms with Crippen molar-refractivity contribution in [3.63, 3.8) is 0 Å². The normalized spacial score (nSPS) is 11.7. The van der Waals surface area contributed by atoms with Gasteiger partial charge in [-0.25, -0.2) is 8.42 Å². The minimum Gasteiger partial charge on any atom is -0.356 e. The van der Waals surface area contributed by atoms with Crippen LogP contribution in [0.1, 0.15) is 102 Å². The van der Waals surface area contributed by atoms with E-state index in [1.807, 2.05) is 0 Å². The number of carbonyl (C=O) groups excluding carboxylic acids is 1. The first-order valence-electron chi connectivity index (χ1n) is 12.9. The molecular formula is C27H46N2O3S. The molecule has 0 bridgehead atoms. The Kier molecular flexibility index (Phi) is 16.5. The average molecular weight is 479 g/mol. The van der Waals surface area contributed by atoms with E-state index in [0.29, 0.717) is 18.7 Å². The van der Waals surface area contributed by atoms with Crippen LogP contribution in [-0.4, -0.2) is 27.1 Å². The highest BCUT2D eigenvalue weighted by molar-refractivity contribution is 7.92. The highest BCUT2D eigenvalue weighted by atomic mass is 32.2. The summed E-state index contributed by atoms with van der Waals surface area (Å²) >= 11 is 0. The van der Waals surface area contributed by atoms with Gasteiger partial charge < -0.3 is 5.32 Å². The first-order valence-corrected chi connectivity index (χ1v) is 14.8. The molecule has 0 aliphatic rings. The Bertz CT molecular complexity index is 758. The van der Waals surface area contributed by atoms with Crippen LogP contribution in [-0.2, 0) is 21.2 Å². The molecule has 0 atom stereocenters. The highest BCUT2D eigenvalue weighted by Crippen LogP contribution is 2.12. The van der Waals surface area contributed by atoms with Gasteiger partial charge >= 0.3 is 0 Å². The van der Waals surface area contributed by atoms with Gasteiger partial charge in [-0.05, 0) is 49.8 Å². The Hall–Kier alpha value is -1.82. The molecule has 0 unspecified atom stereocenters. The van der Waals surface area contributed by atoms with E-state index in [0.717, 1.165) is 24.7 Å². The predicted molar refractivity (Wildman–Crippen MR) is 141 cm³/mol. The van der Waals surface area contributed by atoms with E-state index in [-0.39, 0.29) is 5.91 Å². The third-order valence-corrected chi connectivity index (χ3v) is 6.24. The van der Waals surface area contributed by atoms with Gasteiger partial charge in [0, 0.05) is 12.2 Å². The largest absolute Gasteiger partial charge is 0.356 e. The number of unbranched alkanes of at least 4 members (excludes halogenated alkanes) is 12. The summed E-state index contributed by atoms with van der Waals surface area (Å²) in [7, 11) is -3.28. The molecule has 0 radical (unpaired) electrons. The van der Waals surface area contributed by atoms with Crippen LogP contribution in [0.2, 0.25) is 0 Å². The number of hydrogen-bond donors (Lipinski definition) is 2. The van der Waals surface area contributed by atoms with E-state index in [9.17, 15) is 13.2 Å². The molecule has 0 heterocycles. The minimum absolute atomic E-state index is 0.00608. The fourth-order valence-corrected chi connectivity index (χ4v) is 4.32. The van der Waals surface area contributed by atoms with Crippen LogP contribution in [0.3, 0.4) is 0 Å². The van der Waals surface area contributed by atoms with Crippen LogP contribution in [0.4, 0.5) is 5.69 Å². The molecule has 0 saturated carbocycles. The molecule has 6 heteroatoms. The van der Waals surface area contributed by atoms with E-state index in [1.54, 1.807) is 24.3 Å². The van der Waals surface area contributed by atoms with Crippen molar-refractivity contribution in [1.82, 2.24) is 5.32 Å². The number of rotatable bonds is 20. The summed E-state index contributed by atoms with van der Waals surface area (Å²) in [6.45, 7) is 2.98. The maximum Gasteiger partial charge on any atom is 0.229 e. The first-order chi connectivity index (χ1) is 15.9. The van der Waals surface area contributed by atoms with Crippen molar-refractivity contribution in [2.24, 2.45) is 0 Å². The van der Waals surface area contributed by atoms with Crippen molar-refractivity contribution in [3.05, 3.63) is 42.0 Å². The number of nitrogens with one attached hydrogen (secondary N) is 2. The zero-order valence-electron chi connectivity index (χ0n) is 20.9. The van der Waals surface area contributed by atoms with Gasteiger partial charge in [-0.3, -0.25) is 9.52 Å². The molecule has 2 N–H and O–H groups in total. The van der Waals surface area contributed by atoms with Crippen molar-refractivity contribution < 1.29 is 13.2 Å². The van der Waals surface area contributed by atoms with Gasteiger partial charge in [0.05, 0.1) is 12.7 Å². The molecule has 5 nitrogen and oxygen atoms in total. The van der Waals surface area contributed by atoms with Gasteiger partial charge in [-0.2, -0.15) is 0 Å². The summed E-state index contributed by atoms with van der Waals surface area (Å²) in [6, 6.07) is 6.90. The van der Waals surface area contributed by atoms with E-state index in [4.69, 9.17) is 0 Å². The van der Waals surface area contributed by atoms with E-state index >= 15 is 0 Å². The zero-order chi connectivity index (χ0) is 24.2. The lowest BCUT2D eigenvalue weighted by Crippen LogP contribution is -2.26. The molecule has 33 heavy (non-hydrogen) atoms. The Morgan fingerprint density at radius 1 is 0.788 bits per heavy atom. The molecule has 1 rings (SSSR count). The van der Waals surface area contributed by atoms with Gasteiger partial charge in [0.1, 0.15) is 0 Å². The number of anilines is 1. The third-order valence-electron chi connectivity index (χ3n) is 5.63. The van der Waals surface area contributed by atoms with E-state index in [2.05, 4.69) is 29.1 Å². The van der Waals surface area contributed by atoms with Crippen molar-refractivity contribution in [3.8, 4) is 0 Å². The monoisotopic (exact) mass is 478 g/mol. The second-order valence-corrected chi connectivity index (χ2v) is 10.8. The fourth-order valence-electron chi connectivity index (χ4n) is 3.75. The number of sulfonamides is 1. The second kappa shape index (κ2) is 18.6. The molecule has 0 aliphatic carbocycles. The summed E-state index contributed by atoms with van der Waals surface area (Å²) < 4.78 is 24.9. The molecule has 0 fully saturated rings. The Balaban J connectivity index is 1.93. The maximum atomic E-state index is 12.1. The molecule has 188 valence electrons. The smallest absolute Gasteiger partial charge is 0.229 e. The number of hydrogen-bond acceptors (Lipinski definition) is 3. The van der Waals surface area contributed by atoms with Crippen molar-refractivity contribution >= 4 is 21.6 Å². The van der Waals surface area contributed by atoms with Crippen LogP contribution < -0.4 is 10.0 Å². The lowest BCUT2D eigenvalue weighted by atomic mass is 10.1. The topological polar surface area (TPSA) is 75.3 Å². The molecule has 0 saturated heterocycles.